The molecule has 11 heteroatoms. The van der Waals surface area contributed by atoms with Crippen LogP contribution in [0.5, 0.6) is 23.0 Å². The summed E-state index contributed by atoms with van der Waals surface area (Å²) in [5.41, 5.74) is 0.989. The van der Waals surface area contributed by atoms with E-state index in [4.69, 9.17) is 45.5 Å². The van der Waals surface area contributed by atoms with E-state index < -0.39 is 70.6 Å². The fourth-order valence-corrected chi connectivity index (χ4v) is 5.27. The molecule has 5 rings (SSSR count). The molecule has 3 saturated heterocycles. The van der Waals surface area contributed by atoms with Crippen LogP contribution in [0.3, 0.4) is 0 Å². The standard InChI is InChI=1S/C27H34O11/c1-32-17-6-4-13(8-19(17)33-2)25-15-11-36-26(16(15)12-35-25)14-5-7-18(20(9-14)34-3)37-27-24(31)23(30)22(29)21(10-28)38-27/h4-9,15-16,21-31H,10-12H2,1-3H3/t15?,16?,21-,22-,23+,24-,25?,26?,27-/m1/s1/i1D3,2D3,3D3. The molecule has 4 N–H and O–H groups in total. The number of hydrogen-bond donors (Lipinski definition) is 4. The molecule has 0 bridgehead atoms. The zero-order chi connectivity index (χ0) is 34.5. The summed E-state index contributed by atoms with van der Waals surface area (Å²) in [6.45, 7) is -0.301. The van der Waals surface area contributed by atoms with E-state index in [1.807, 2.05) is 0 Å². The van der Waals surface area contributed by atoms with Crippen molar-refractivity contribution in [3.05, 3.63) is 47.5 Å². The van der Waals surface area contributed by atoms with E-state index in [0.29, 0.717) is 11.1 Å². The minimum atomic E-state index is -2.92. The van der Waals surface area contributed by atoms with Crippen LogP contribution in [0, 0.1) is 11.8 Å². The number of aliphatic hydroxyl groups is 4. The first-order chi connectivity index (χ1) is 21.8. The second-order valence-corrected chi connectivity index (χ2v) is 9.37. The maximum absolute atomic E-state index is 10.4. The molecule has 0 amide bonds. The van der Waals surface area contributed by atoms with Gasteiger partial charge in [-0.25, -0.2) is 0 Å². The van der Waals surface area contributed by atoms with Crippen molar-refractivity contribution < 1.29 is 65.9 Å². The number of fused-ring (bicyclic) bond motifs is 1. The van der Waals surface area contributed by atoms with Crippen molar-refractivity contribution in [3.8, 4) is 23.0 Å². The van der Waals surface area contributed by atoms with Crippen LogP contribution in [0.15, 0.2) is 36.4 Å². The molecule has 208 valence electrons. The summed E-state index contributed by atoms with van der Waals surface area (Å²) < 4.78 is 106. The van der Waals surface area contributed by atoms with Gasteiger partial charge in [0.2, 0.25) is 6.29 Å². The highest BCUT2D eigenvalue weighted by molar-refractivity contribution is 5.45. The van der Waals surface area contributed by atoms with Crippen molar-refractivity contribution in [3.63, 3.8) is 0 Å². The summed E-state index contributed by atoms with van der Waals surface area (Å²) in [6.07, 6.45) is -9.16. The molecule has 2 aromatic carbocycles. The second-order valence-electron chi connectivity index (χ2n) is 9.37. The molecule has 0 aromatic heterocycles. The van der Waals surface area contributed by atoms with Gasteiger partial charge in [0, 0.05) is 11.8 Å². The summed E-state index contributed by atoms with van der Waals surface area (Å²) in [6, 6.07) is 8.51. The van der Waals surface area contributed by atoms with Crippen molar-refractivity contribution in [1.82, 2.24) is 0 Å². The summed E-state index contributed by atoms with van der Waals surface area (Å²) in [4.78, 5) is 0. The van der Waals surface area contributed by atoms with Crippen LogP contribution >= 0.6 is 0 Å². The van der Waals surface area contributed by atoms with Crippen molar-refractivity contribution in [2.24, 2.45) is 11.8 Å². The van der Waals surface area contributed by atoms with Gasteiger partial charge in [-0.1, -0.05) is 12.1 Å². The Morgan fingerprint density at radius 1 is 0.763 bits per heavy atom. The van der Waals surface area contributed by atoms with Gasteiger partial charge >= 0.3 is 0 Å². The van der Waals surface area contributed by atoms with E-state index in [-0.39, 0.29) is 48.0 Å². The van der Waals surface area contributed by atoms with E-state index in [1.54, 1.807) is 12.1 Å². The number of ether oxygens (including phenoxy) is 7. The number of methoxy groups -OCH3 is 3. The van der Waals surface area contributed by atoms with Gasteiger partial charge in [0.05, 0.1) is 65.5 Å². The molecule has 0 saturated carbocycles. The molecule has 3 fully saturated rings. The molecule has 3 aliphatic rings. The maximum Gasteiger partial charge on any atom is 0.229 e. The minimum absolute atomic E-state index is 0.176. The van der Waals surface area contributed by atoms with Gasteiger partial charge in [-0.15, -0.1) is 0 Å². The number of benzene rings is 2. The van der Waals surface area contributed by atoms with Gasteiger partial charge in [0.1, 0.15) is 24.4 Å². The molecule has 4 unspecified atom stereocenters. The monoisotopic (exact) mass is 543 g/mol. The highest BCUT2D eigenvalue weighted by Gasteiger charge is 2.49. The normalized spacial score (nSPS) is 39.1. The summed E-state index contributed by atoms with van der Waals surface area (Å²) >= 11 is 0. The first-order valence-electron chi connectivity index (χ1n) is 16.4. The van der Waals surface area contributed by atoms with Gasteiger partial charge < -0.3 is 53.6 Å². The van der Waals surface area contributed by atoms with Gasteiger partial charge in [-0.2, -0.15) is 0 Å². The highest BCUT2D eigenvalue weighted by atomic mass is 16.7. The molecule has 9 atom stereocenters. The molecule has 3 aliphatic heterocycles. The number of rotatable bonds is 8. The van der Waals surface area contributed by atoms with Crippen LogP contribution in [-0.2, 0) is 14.2 Å². The lowest BCUT2D eigenvalue weighted by Gasteiger charge is -2.39. The van der Waals surface area contributed by atoms with E-state index in [0.717, 1.165) is 0 Å². The van der Waals surface area contributed by atoms with E-state index in [9.17, 15) is 20.4 Å². The summed E-state index contributed by atoms with van der Waals surface area (Å²) in [5, 5.41) is 40.1. The Morgan fingerprint density at radius 2 is 1.32 bits per heavy atom. The molecule has 0 aliphatic carbocycles. The van der Waals surface area contributed by atoms with Crippen molar-refractivity contribution >= 4 is 0 Å². The number of aliphatic hydroxyl groups excluding tert-OH is 4. The molecule has 0 spiro atoms. The molecular weight excluding hydrogens is 500 g/mol. The van der Waals surface area contributed by atoms with E-state index >= 15 is 0 Å². The van der Waals surface area contributed by atoms with Crippen LogP contribution in [-0.4, -0.2) is 92.1 Å². The third-order valence-corrected chi connectivity index (χ3v) is 7.28. The van der Waals surface area contributed by atoms with Crippen LogP contribution in [0.2, 0.25) is 0 Å². The topological polar surface area (TPSA) is 146 Å². The molecule has 0 radical (unpaired) electrons. The van der Waals surface area contributed by atoms with Gasteiger partial charge in [-0.3, -0.25) is 0 Å². The predicted octanol–water partition coefficient (Wildman–Crippen LogP) is 0.966. The average Bonchev–Trinajstić information content (AvgIpc) is 3.55. The Morgan fingerprint density at radius 3 is 1.89 bits per heavy atom. The Labute approximate surface area is 233 Å². The largest absolute Gasteiger partial charge is 0.493 e. The maximum atomic E-state index is 10.4. The molecule has 2 aromatic rings. The van der Waals surface area contributed by atoms with Crippen LogP contribution in [0.25, 0.3) is 0 Å². The zero-order valence-electron chi connectivity index (χ0n) is 28.9. The lowest BCUT2D eigenvalue weighted by Crippen LogP contribution is -2.60. The molecule has 11 nitrogen and oxygen atoms in total. The Kier molecular flexibility index (Phi) is 5.27. The predicted molar refractivity (Wildman–Crippen MR) is 131 cm³/mol. The molecule has 38 heavy (non-hydrogen) atoms. The van der Waals surface area contributed by atoms with E-state index in [1.165, 1.54) is 24.3 Å². The van der Waals surface area contributed by atoms with Crippen molar-refractivity contribution in [2.45, 2.75) is 42.9 Å². The fraction of sp³-hybridized carbons (Fsp3) is 0.556. The molecular formula is C27H34O11. The first-order valence-corrected chi connectivity index (χ1v) is 11.9. The fourth-order valence-electron chi connectivity index (χ4n) is 5.27. The Balaban J connectivity index is 1.38. The number of hydrogen-bond acceptors (Lipinski definition) is 11. The van der Waals surface area contributed by atoms with Gasteiger partial charge in [0.15, 0.2) is 23.0 Å². The SMILES string of the molecule is [2H]C([2H])([2H])Oc1cc(C2OCC3C(c4ccc(OC([2H])([2H])[2H])c(OC([2H])([2H])[2H])c4)OCC23)ccc1O[C@@H]1O[C@H](CO)[C@@H](O)[C@H](O)[C@H]1O. The first kappa shape index (κ1) is 17.9. The zero-order valence-corrected chi connectivity index (χ0v) is 19.9. The Hall–Kier alpha value is -2.64. The van der Waals surface area contributed by atoms with Crippen molar-refractivity contribution in [2.75, 3.05) is 40.9 Å². The Bertz CT molecular complexity index is 1400. The average molecular weight is 544 g/mol. The quantitative estimate of drug-likeness (QED) is 0.378. The lowest BCUT2D eigenvalue weighted by atomic mass is 9.85. The van der Waals surface area contributed by atoms with Crippen molar-refractivity contribution in [1.29, 1.82) is 0 Å². The van der Waals surface area contributed by atoms with Crippen LogP contribution in [0.1, 0.15) is 35.7 Å². The minimum Gasteiger partial charge on any atom is -0.493 e. The van der Waals surface area contributed by atoms with Crippen LogP contribution in [0.4, 0.5) is 0 Å². The summed E-state index contributed by atoms with van der Waals surface area (Å²) in [7, 11) is -8.66. The van der Waals surface area contributed by atoms with Gasteiger partial charge in [-0.05, 0) is 35.4 Å². The van der Waals surface area contributed by atoms with Crippen LogP contribution < -0.4 is 18.9 Å². The third kappa shape index (κ3) is 4.79. The smallest absolute Gasteiger partial charge is 0.229 e. The molecule has 3 heterocycles. The van der Waals surface area contributed by atoms with E-state index in [2.05, 4.69) is 0 Å². The summed E-state index contributed by atoms with van der Waals surface area (Å²) in [5.74, 6) is -1.55. The third-order valence-electron chi connectivity index (χ3n) is 7.28. The highest BCUT2D eigenvalue weighted by Crippen LogP contribution is 2.51. The second kappa shape index (κ2) is 11.2. The van der Waals surface area contributed by atoms with Gasteiger partial charge in [0.25, 0.3) is 0 Å². The lowest BCUT2D eigenvalue weighted by molar-refractivity contribution is -0.277.